The summed E-state index contributed by atoms with van der Waals surface area (Å²) in [5, 5.41) is 1.17. The van der Waals surface area contributed by atoms with Gasteiger partial charge in [-0.1, -0.05) is 18.2 Å². The van der Waals surface area contributed by atoms with Crippen molar-refractivity contribution in [2.75, 3.05) is 6.61 Å². The average Bonchev–Trinajstić information content (AvgIpc) is 2.78. The lowest BCUT2D eigenvalue weighted by atomic mass is 9.98. The zero-order valence-corrected chi connectivity index (χ0v) is 13.8. The van der Waals surface area contributed by atoms with Gasteiger partial charge in [-0.25, -0.2) is 4.79 Å². The second-order valence-corrected chi connectivity index (χ2v) is 4.71. The van der Waals surface area contributed by atoms with Crippen molar-refractivity contribution < 1.29 is 9.53 Å². The number of aromatic amines is 1. The Morgan fingerprint density at radius 2 is 2.20 bits per heavy atom. The number of benzene rings is 1. The second-order valence-electron chi connectivity index (χ2n) is 4.71. The summed E-state index contributed by atoms with van der Waals surface area (Å²) in [7, 11) is 0. The molecule has 2 aromatic rings. The monoisotopic (exact) mass is 384 g/mol. The molecule has 0 radical (unpaired) electrons. The maximum Gasteiger partial charge on any atom is 0.331 e. The van der Waals surface area contributed by atoms with Crippen molar-refractivity contribution >= 4 is 46.6 Å². The minimum atomic E-state index is -0.411. The summed E-state index contributed by atoms with van der Waals surface area (Å²) < 4.78 is 5.08. The largest absolute Gasteiger partial charge is 0.464 e. The molecule has 1 unspecified atom stereocenters. The molecule has 4 nitrogen and oxygen atoms in total. The van der Waals surface area contributed by atoms with Crippen LogP contribution < -0.4 is 0 Å². The lowest BCUT2D eigenvalue weighted by Crippen LogP contribution is -2.28. The maximum atomic E-state index is 11.9. The molecule has 3 rings (SSSR count). The zero-order chi connectivity index (χ0) is 13.4. The fourth-order valence-electron chi connectivity index (χ4n) is 2.63. The summed E-state index contributed by atoms with van der Waals surface area (Å²) in [5.41, 5.74) is 4.17. The number of ether oxygens (including phenoxy) is 1. The minimum absolute atomic E-state index is 0. The first-order valence-corrected chi connectivity index (χ1v) is 6.51. The molecule has 2 heterocycles. The number of fused-ring (bicyclic) bond motifs is 3. The molecule has 0 fully saturated rings. The van der Waals surface area contributed by atoms with Gasteiger partial charge >= 0.3 is 5.97 Å². The predicted octanol–water partition coefficient (Wildman–Crippen LogP) is 3.08. The molecule has 1 aliphatic rings. The van der Waals surface area contributed by atoms with Crippen LogP contribution in [-0.4, -0.2) is 29.3 Å². The van der Waals surface area contributed by atoms with Crippen molar-refractivity contribution in [1.29, 1.82) is 0 Å². The van der Waals surface area contributed by atoms with Crippen LogP contribution in [0, 0.1) is 0 Å². The number of para-hydroxylation sites is 1. The number of hydrogen-bond acceptors (Lipinski definition) is 3. The van der Waals surface area contributed by atoms with E-state index in [-0.39, 0.29) is 29.9 Å². The number of H-pyrrole nitrogens is 1. The molecule has 0 amide bonds. The SMILES string of the molecule is CCOC(=O)C1Cc2c([nH]c3ccccc23)C(C)=N1.I. The van der Waals surface area contributed by atoms with Gasteiger partial charge in [0.05, 0.1) is 18.0 Å². The number of hydrogen-bond donors (Lipinski definition) is 1. The highest BCUT2D eigenvalue weighted by Crippen LogP contribution is 2.28. The van der Waals surface area contributed by atoms with Gasteiger partial charge in [-0.15, -0.1) is 24.0 Å². The van der Waals surface area contributed by atoms with Gasteiger partial charge in [-0.2, -0.15) is 0 Å². The van der Waals surface area contributed by atoms with Gasteiger partial charge in [0.25, 0.3) is 0 Å². The van der Waals surface area contributed by atoms with E-state index in [1.165, 1.54) is 10.9 Å². The van der Waals surface area contributed by atoms with Crippen molar-refractivity contribution in [3.63, 3.8) is 0 Å². The standard InChI is InChI=1S/C15H16N2O2.HI/c1-3-19-15(18)13-8-11-10-6-4-5-7-12(10)17-14(11)9(2)16-13;/h4-7,13,17H,3,8H2,1-2H3;1H. The summed E-state index contributed by atoms with van der Waals surface area (Å²) in [5.74, 6) is -0.238. The lowest BCUT2D eigenvalue weighted by molar-refractivity contribution is -0.144. The zero-order valence-electron chi connectivity index (χ0n) is 11.5. The van der Waals surface area contributed by atoms with Crippen LogP contribution >= 0.6 is 24.0 Å². The fourth-order valence-corrected chi connectivity index (χ4v) is 2.63. The van der Waals surface area contributed by atoms with Gasteiger partial charge in [-0.05, 0) is 25.5 Å². The molecule has 0 aliphatic carbocycles. The van der Waals surface area contributed by atoms with Crippen molar-refractivity contribution in [3.05, 3.63) is 35.5 Å². The highest BCUT2D eigenvalue weighted by Gasteiger charge is 2.28. The highest BCUT2D eigenvalue weighted by atomic mass is 127. The number of carbonyl (C=O) groups is 1. The Morgan fingerprint density at radius 1 is 1.45 bits per heavy atom. The summed E-state index contributed by atoms with van der Waals surface area (Å²) >= 11 is 0. The van der Waals surface area contributed by atoms with Crippen LogP contribution in [0.1, 0.15) is 25.1 Å². The van der Waals surface area contributed by atoms with Crippen LogP contribution in [0.3, 0.4) is 0 Å². The molecule has 20 heavy (non-hydrogen) atoms. The van der Waals surface area contributed by atoms with E-state index in [2.05, 4.69) is 16.0 Å². The molecule has 106 valence electrons. The van der Waals surface area contributed by atoms with E-state index in [4.69, 9.17) is 4.74 Å². The summed E-state index contributed by atoms with van der Waals surface area (Å²) in [4.78, 5) is 19.7. The van der Waals surface area contributed by atoms with Crippen LogP contribution in [0.2, 0.25) is 0 Å². The van der Waals surface area contributed by atoms with E-state index in [0.717, 1.165) is 16.9 Å². The molecule has 1 atom stereocenters. The van der Waals surface area contributed by atoms with Crippen molar-refractivity contribution in [2.24, 2.45) is 4.99 Å². The lowest BCUT2D eigenvalue weighted by Gasteiger charge is -2.18. The van der Waals surface area contributed by atoms with E-state index < -0.39 is 6.04 Å². The Hall–Kier alpha value is -1.37. The molecule has 0 bridgehead atoms. The number of aromatic nitrogens is 1. The molecular weight excluding hydrogens is 367 g/mol. The molecule has 0 saturated carbocycles. The van der Waals surface area contributed by atoms with Gasteiger partial charge in [-0.3, -0.25) is 4.99 Å². The maximum absolute atomic E-state index is 11.9. The van der Waals surface area contributed by atoms with E-state index in [1.807, 2.05) is 32.0 Å². The summed E-state index contributed by atoms with van der Waals surface area (Å²) in [6, 6.07) is 7.72. The summed E-state index contributed by atoms with van der Waals surface area (Å²) in [6.07, 6.45) is 0.607. The third-order valence-electron chi connectivity index (χ3n) is 3.48. The average molecular weight is 384 g/mol. The molecular formula is C15H17IN2O2. The molecule has 1 aliphatic heterocycles. The quantitative estimate of drug-likeness (QED) is 0.639. The second kappa shape index (κ2) is 5.95. The number of halogens is 1. The Labute approximate surface area is 134 Å². The smallest absolute Gasteiger partial charge is 0.331 e. The minimum Gasteiger partial charge on any atom is -0.464 e. The first-order valence-electron chi connectivity index (χ1n) is 6.51. The number of nitrogens with one attached hydrogen (secondary N) is 1. The first-order chi connectivity index (χ1) is 9.20. The van der Waals surface area contributed by atoms with Gasteiger partial charge < -0.3 is 9.72 Å². The molecule has 1 aromatic heterocycles. The van der Waals surface area contributed by atoms with Gasteiger partial charge in [0, 0.05) is 17.3 Å². The number of carbonyl (C=O) groups excluding carboxylic acids is 1. The number of rotatable bonds is 2. The van der Waals surface area contributed by atoms with E-state index in [0.29, 0.717) is 13.0 Å². The van der Waals surface area contributed by atoms with E-state index in [1.54, 1.807) is 0 Å². The van der Waals surface area contributed by atoms with Crippen LogP contribution in [0.5, 0.6) is 0 Å². The molecule has 1 N–H and O–H groups in total. The predicted molar refractivity (Wildman–Crippen MR) is 90.0 cm³/mol. The Balaban J connectivity index is 0.00000147. The van der Waals surface area contributed by atoms with Crippen molar-refractivity contribution in [3.8, 4) is 0 Å². The Bertz CT molecular complexity index is 676. The highest BCUT2D eigenvalue weighted by molar-refractivity contribution is 14.0. The van der Waals surface area contributed by atoms with E-state index in [9.17, 15) is 4.79 Å². The molecule has 0 spiro atoms. The molecule has 5 heteroatoms. The first kappa shape index (κ1) is 15.0. The topological polar surface area (TPSA) is 54.5 Å². The normalized spacial score (nSPS) is 17.1. The third-order valence-corrected chi connectivity index (χ3v) is 3.48. The number of nitrogens with zero attached hydrogens (tertiary/aromatic N) is 1. The number of esters is 1. The molecule has 1 aromatic carbocycles. The van der Waals surface area contributed by atoms with Gasteiger partial charge in [0.15, 0.2) is 6.04 Å². The number of aliphatic imine (C=N–C) groups is 1. The van der Waals surface area contributed by atoms with Crippen LogP contribution in [-0.2, 0) is 16.0 Å². The van der Waals surface area contributed by atoms with Gasteiger partial charge in [0.2, 0.25) is 0 Å². The third kappa shape index (κ3) is 2.46. The van der Waals surface area contributed by atoms with Gasteiger partial charge in [0.1, 0.15) is 0 Å². The van der Waals surface area contributed by atoms with Crippen LogP contribution in [0.25, 0.3) is 10.9 Å². The fraction of sp³-hybridized carbons (Fsp3) is 0.333. The van der Waals surface area contributed by atoms with Crippen LogP contribution in [0.4, 0.5) is 0 Å². The van der Waals surface area contributed by atoms with Crippen LogP contribution in [0.15, 0.2) is 29.3 Å². The molecule has 0 saturated heterocycles. The Morgan fingerprint density at radius 3 is 2.95 bits per heavy atom. The van der Waals surface area contributed by atoms with E-state index >= 15 is 0 Å². The van der Waals surface area contributed by atoms with Crippen molar-refractivity contribution in [2.45, 2.75) is 26.3 Å². The summed E-state index contributed by atoms with van der Waals surface area (Å²) in [6.45, 7) is 4.14. The Kier molecular flexibility index (Phi) is 4.47. The van der Waals surface area contributed by atoms with Crippen molar-refractivity contribution in [1.82, 2.24) is 4.98 Å².